The van der Waals surface area contributed by atoms with Gasteiger partial charge < -0.3 is 15.3 Å². The maximum atomic E-state index is 10.2. The van der Waals surface area contributed by atoms with Gasteiger partial charge in [0.2, 0.25) is 0 Å². The summed E-state index contributed by atoms with van der Waals surface area (Å²) in [6, 6.07) is 6.31. The van der Waals surface area contributed by atoms with Crippen molar-refractivity contribution >= 4 is 0 Å². The number of nitrogens with zero attached hydrogens (tertiary/aromatic N) is 4. The molecule has 1 saturated heterocycles. The Kier molecular flexibility index (Phi) is 6.18. The molecule has 1 unspecified atom stereocenters. The van der Waals surface area contributed by atoms with Gasteiger partial charge in [0, 0.05) is 19.6 Å². The van der Waals surface area contributed by atoms with Crippen LogP contribution in [0.5, 0.6) is 0 Å². The van der Waals surface area contributed by atoms with Crippen LogP contribution in [0.1, 0.15) is 30.9 Å². The van der Waals surface area contributed by atoms with E-state index in [4.69, 9.17) is 0 Å². The van der Waals surface area contributed by atoms with E-state index in [1.807, 2.05) is 0 Å². The predicted molar refractivity (Wildman–Crippen MR) is 98.6 cm³/mol. The van der Waals surface area contributed by atoms with Crippen LogP contribution < -0.4 is 5.32 Å². The molecule has 0 saturated carbocycles. The van der Waals surface area contributed by atoms with Gasteiger partial charge in [-0.05, 0) is 56.0 Å². The summed E-state index contributed by atoms with van der Waals surface area (Å²) in [5.41, 5.74) is 3.41. The number of aliphatic hydroxyl groups is 1. The molecule has 25 heavy (non-hydrogen) atoms. The topological polar surface area (TPSA) is 66.2 Å². The zero-order chi connectivity index (χ0) is 17.6. The van der Waals surface area contributed by atoms with Gasteiger partial charge in [-0.25, -0.2) is 9.67 Å². The number of likely N-dealkylation sites (tertiary alicyclic amines) is 1. The first-order valence-electron chi connectivity index (χ1n) is 9.17. The van der Waals surface area contributed by atoms with Gasteiger partial charge in [-0.1, -0.05) is 19.1 Å². The van der Waals surface area contributed by atoms with Crippen LogP contribution in [-0.4, -0.2) is 57.1 Å². The Morgan fingerprint density at radius 2 is 2.12 bits per heavy atom. The van der Waals surface area contributed by atoms with Crippen molar-refractivity contribution in [3.63, 3.8) is 0 Å². The summed E-state index contributed by atoms with van der Waals surface area (Å²) in [6.07, 6.45) is 5.43. The molecule has 136 valence electrons. The molecule has 0 spiro atoms. The standard InChI is InChI=1S/C19H29N5O/c1-15-5-7-23(8-6-15)12-18(25)11-20-10-17-3-4-19(16(2)9-17)24-14-21-13-22-24/h3-4,9,13-15,18,20,25H,5-8,10-12H2,1-2H3. The minimum atomic E-state index is -0.316. The van der Waals surface area contributed by atoms with Crippen LogP contribution in [0.2, 0.25) is 0 Å². The number of rotatable bonds is 7. The molecule has 1 fully saturated rings. The summed E-state index contributed by atoms with van der Waals surface area (Å²) in [4.78, 5) is 6.37. The summed E-state index contributed by atoms with van der Waals surface area (Å²) in [7, 11) is 0. The van der Waals surface area contributed by atoms with Crippen LogP contribution >= 0.6 is 0 Å². The van der Waals surface area contributed by atoms with Gasteiger partial charge in [-0.2, -0.15) is 5.10 Å². The molecule has 0 amide bonds. The van der Waals surface area contributed by atoms with Crippen molar-refractivity contribution in [1.82, 2.24) is 25.0 Å². The van der Waals surface area contributed by atoms with E-state index in [1.54, 1.807) is 17.3 Å². The van der Waals surface area contributed by atoms with Gasteiger partial charge in [0.25, 0.3) is 0 Å². The molecule has 2 aromatic rings. The van der Waals surface area contributed by atoms with Gasteiger partial charge >= 0.3 is 0 Å². The van der Waals surface area contributed by atoms with Crippen molar-refractivity contribution in [2.75, 3.05) is 26.2 Å². The number of hydrogen-bond donors (Lipinski definition) is 2. The van der Waals surface area contributed by atoms with Crippen LogP contribution in [0.15, 0.2) is 30.9 Å². The van der Waals surface area contributed by atoms with Crippen LogP contribution in [0.3, 0.4) is 0 Å². The van der Waals surface area contributed by atoms with Crippen molar-refractivity contribution in [1.29, 1.82) is 0 Å². The first kappa shape index (κ1) is 18.0. The summed E-state index contributed by atoms with van der Waals surface area (Å²) < 4.78 is 1.77. The average Bonchev–Trinajstić information content (AvgIpc) is 3.11. The monoisotopic (exact) mass is 343 g/mol. The molecular weight excluding hydrogens is 314 g/mol. The molecule has 0 radical (unpaired) electrons. The zero-order valence-electron chi connectivity index (χ0n) is 15.2. The molecule has 2 heterocycles. The Balaban J connectivity index is 1.43. The second-order valence-electron chi connectivity index (χ2n) is 7.23. The van der Waals surface area contributed by atoms with Gasteiger partial charge in [0.05, 0.1) is 11.8 Å². The lowest BCUT2D eigenvalue weighted by molar-refractivity contribution is 0.0907. The third-order valence-electron chi connectivity index (χ3n) is 4.98. The van der Waals surface area contributed by atoms with E-state index in [9.17, 15) is 5.11 Å². The van der Waals surface area contributed by atoms with E-state index in [2.05, 4.69) is 52.3 Å². The Labute approximate surface area is 149 Å². The van der Waals surface area contributed by atoms with E-state index in [1.165, 1.54) is 18.4 Å². The number of aliphatic hydroxyl groups excluding tert-OH is 1. The lowest BCUT2D eigenvalue weighted by atomic mass is 9.99. The highest BCUT2D eigenvalue weighted by molar-refractivity contribution is 5.41. The third-order valence-corrected chi connectivity index (χ3v) is 4.98. The molecule has 1 atom stereocenters. The van der Waals surface area contributed by atoms with Crippen LogP contribution in [0.4, 0.5) is 0 Å². The van der Waals surface area contributed by atoms with E-state index in [0.29, 0.717) is 6.54 Å². The molecule has 1 aromatic heterocycles. The number of benzene rings is 1. The fourth-order valence-corrected chi connectivity index (χ4v) is 3.41. The predicted octanol–water partition coefficient (Wildman–Crippen LogP) is 1.76. The van der Waals surface area contributed by atoms with Crippen molar-refractivity contribution in [2.45, 2.75) is 39.3 Å². The number of β-amino-alcohol motifs (C(OH)–C–C–N with tert-alkyl or cyclic N) is 1. The maximum Gasteiger partial charge on any atom is 0.138 e. The number of aryl methyl sites for hydroxylation is 1. The molecule has 6 nitrogen and oxygen atoms in total. The van der Waals surface area contributed by atoms with Gasteiger partial charge in [0.15, 0.2) is 0 Å². The number of aromatic nitrogens is 3. The van der Waals surface area contributed by atoms with Crippen molar-refractivity contribution < 1.29 is 5.11 Å². The quantitative estimate of drug-likeness (QED) is 0.802. The van der Waals surface area contributed by atoms with Crippen molar-refractivity contribution in [3.05, 3.63) is 42.0 Å². The van der Waals surface area contributed by atoms with Gasteiger partial charge in [-0.3, -0.25) is 0 Å². The minimum absolute atomic E-state index is 0.316. The molecule has 3 rings (SSSR count). The fraction of sp³-hybridized carbons (Fsp3) is 0.579. The largest absolute Gasteiger partial charge is 0.390 e. The molecule has 1 aliphatic heterocycles. The van der Waals surface area contributed by atoms with Gasteiger partial charge in [0.1, 0.15) is 12.7 Å². The lowest BCUT2D eigenvalue weighted by Gasteiger charge is -2.31. The number of piperidine rings is 1. The van der Waals surface area contributed by atoms with Crippen molar-refractivity contribution in [2.24, 2.45) is 5.92 Å². The maximum absolute atomic E-state index is 10.2. The normalized spacial score (nSPS) is 17.7. The zero-order valence-corrected chi connectivity index (χ0v) is 15.2. The van der Waals surface area contributed by atoms with Crippen LogP contribution in [-0.2, 0) is 6.54 Å². The highest BCUT2D eigenvalue weighted by Crippen LogP contribution is 2.16. The summed E-state index contributed by atoms with van der Waals surface area (Å²) >= 11 is 0. The van der Waals surface area contributed by atoms with E-state index in [-0.39, 0.29) is 6.10 Å². The van der Waals surface area contributed by atoms with Crippen LogP contribution in [0, 0.1) is 12.8 Å². The summed E-state index contributed by atoms with van der Waals surface area (Å²) in [5.74, 6) is 0.829. The van der Waals surface area contributed by atoms with Crippen molar-refractivity contribution in [3.8, 4) is 5.69 Å². The molecular formula is C19H29N5O. The average molecular weight is 343 g/mol. The highest BCUT2D eigenvalue weighted by atomic mass is 16.3. The first-order valence-corrected chi connectivity index (χ1v) is 9.17. The molecule has 0 bridgehead atoms. The Morgan fingerprint density at radius 1 is 1.32 bits per heavy atom. The van der Waals surface area contributed by atoms with E-state index in [0.717, 1.165) is 43.3 Å². The highest BCUT2D eigenvalue weighted by Gasteiger charge is 2.18. The molecule has 0 aliphatic carbocycles. The smallest absolute Gasteiger partial charge is 0.138 e. The summed E-state index contributed by atoms with van der Waals surface area (Å²) in [5, 5.41) is 17.8. The third kappa shape index (κ3) is 5.11. The van der Waals surface area contributed by atoms with E-state index >= 15 is 0 Å². The van der Waals surface area contributed by atoms with Crippen LogP contribution in [0.25, 0.3) is 5.69 Å². The Hall–Kier alpha value is -1.76. The summed E-state index contributed by atoms with van der Waals surface area (Å²) in [6.45, 7) is 8.76. The van der Waals surface area contributed by atoms with Gasteiger partial charge in [-0.15, -0.1) is 0 Å². The lowest BCUT2D eigenvalue weighted by Crippen LogP contribution is -2.41. The first-order chi connectivity index (χ1) is 12.1. The van der Waals surface area contributed by atoms with E-state index < -0.39 is 0 Å². The number of hydrogen-bond acceptors (Lipinski definition) is 5. The molecule has 1 aliphatic rings. The Morgan fingerprint density at radius 3 is 2.80 bits per heavy atom. The second-order valence-corrected chi connectivity index (χ2v) is 7.23. The SMILES string of the molecule is Cc1cc(CNCC(O)CN2CCC(C)CC2)ccc1-n1cncn1. The number of nitrogens with one attached hydrogen (secondary N) is 1. The molecule has 2 N–H and O–H groups in total. The minimum Gasteiger partial charge on any atom is -0.390 e. The molecule has 6 heteroatoms. The second kappa shape index (κ2) is 8.56. The fourth-order valence-electron chi connectivity index (χ4n) is 3.41. The molecule has 1 aromatic carbocycles. The Bertz CT molecular complexity index is 650.